The number of nitrogens with zero attached hydrogens (tertiary/aromatic N) is 3. The quantitative estimate of drug-likeness (QED) is 0.684. The molecule has 0 N–H and O–H groups in total. The number of hydrogen-bond acceptors (Lipinski definition) is 4. The van der Waals surface area contributed by atoms with Crippen LogP contribution in [0.15, 0.2) is 36.5 Å². The van der Waals surface area contributed by atoms with Gasteiger partial charge in [-0.1, -0.05) is 12.1 Å². The lowest BCUT2D eigenvalue weighted by Crippen LogP contribution is -1.95. The van der Waals surface area contributed by atoms with Crippen LogP contribution in [-0.2, 0) is 0 Å². The zero-order valence-corrected chi connectivity index (χ0v) is 11.2. The van der Waals surface area contributed by atoms with Gasteiger partial charge in [0.25, 0.3) is 0 Å². The maximum atomic E-state index is 11.0. The Balaban J connectivity index is 2.25. The predicted molar refractivity (Wildman–Crippen MR) is 75.1 cm³/mol. The maximum absolute atomic E-state index is 11.0. The van der Waals surface area contributed by atoms with Gasteiger partial charge in [-0.3, -0.25) is 9.20 Å². The zero-order chi connectivity index (χ0) is 14.1. The number of ether oxygens (including phenoxy) is 1. The van der Waals surface area contributed by atoms with Crippen LogP contribution in [-0.4, -0.2) is 28.0 Å². The Labute approximate surface area is 115 Å². The van der Waals surface area contributed by atoms with Gasteiger partial charge < -0.3 is 4.74 Å². The van der Waals surface area contributed by atoms with E-state index in [-0.39, 0.29) is 0 Å². The molecule has 0 atom stereocenters. The number of aryl methyl sites for hydroxylation is 1. The van der Waals surface area contributed by atoms with Crippen LogP contribution in [0.1, 0.15) is 15.9 Å². The van der Waals surface area contributed by atoms with Gasteiger partial charge in [0.2, 0.25) is 0 Å². The van der Waals surface area contributed by atoms with E-state index in [1.165, 1.54) is 0 Å². The number of carbonyl (C=O) groups excluding carboxylic acids is 1. The topological polar surface area (TPSA) is 56.5 Å². The largest absolute Gasteiger partial charge is 0.497 e. The Bertz CT molecular complexity index is 793. The molecular formula is C15H13N3O2. The summed E-state index contributed by atoms with van der Waals surface area (Å²) in [5.41, 5.74) is 3.14. The Kier molecular flexibility index (Phi) is 2.95. The van der Waals surface area contributed by atoms with Crippen LogP contribution in [0.3, 0.4) is 0 Å². The third-order valence-electron chi connectivity index (χ3n) is 3.17. The molecule has 0 aliphatic rings. The first-order valence-corrected chi connectivity index (χ1v) is 6.18. The molecular weight excluding hydrogens is 254 g/mol. The predicted octanol–water partition coefficient (Wildman–Crippen LogP) is 2.53. The highest BCUT2D eigenvalue weighted by atomic mass is 16.5. The summed E-state index contributed by atoms with van der Waals surface area (Å²) in [7, 11) is 1.62. The highest BCUT2D eigenvalue weighted by Crippen LogP contribution is 2.24. The third kappa shape index (κ3) is 1.93. The highest BCUT2D eigenvalue weighted by molar-refractivity contribution is 5.76. The molecule has 0 unspecified atom stereocenters. The minimum absolute atomic E-state index is 0.596. The minimum atomic E-state index is 0.596. The molecule has 0 amide bonds. The van der Waals surface area contributed by atoms with E-state index in [0.717, 1.165) is 28.8 Å². The molecule has 5 nitrogen and oxygen atoms in total. The molecule has 0 radical (unpaired) electrons. The number of carbonyl (C=O) groups is 1. The van der Waals surface area contributed by atoms with Crippen molar-refractivity contribution in [3.63, 3.8) is 0 Å². The number of methoxy groups -OCH3 is 1. The lowest BCUT2D eigenvalue weighted by Gasteiger charge is -2.04. The van der Waals surface area contributed by atoms with Crippen LogP contribution >= 0.6 is 0 Å². The lowest BCUT2D eigenvalue weighted by atomic mass is 10.2. The fourth-order valence-electron chi connectivity index (χ4n) is 2.21. The number of aldehydes is 1. The maximum Gasteiger partial charge on any atom is 0.168 e. The van der Waals surface area contributed by atoms with Crippen molar-refractivity contribution in [3.8, 4) is 17.1 Å². The molecule has 5 heteroatoms. The van der Waals surface area contributed by atoms with E-state index in [0.29, 0.717) is 11.4 Å². The summed E-state index contributed by atoms with van der Waals surface area (Å²) in [6.45, 7) is 1.91. The van der Waals surface area contributed by atoms with E-state index >= 15 is 0 Å². The molecule has 20 heavy (non-hydrogen) atoms. The van der Waals surface area contributed by atoms with Crippen LogP contribution in [0.25, 0.3) is 17.0 Å². The average molecular weight is 267 g/mol. The van der Waals surface area contributed by atoms with E-state index in [1.807, 2.05) is 35.6 Å². The molecule has 0 fully saturated rings. The molecule has 0 bridgehead atoms. The minimum Gasteiger partial charge on any atom is -0.497 e. The van der Waals surface area contributed by atoms with Crippen molar-refractivity contribution in [2.75, 3.05) is 7.11 Å². The van der Waals surface area contributed by atoms with Crippen LogP contribution in [0.2, 0.25) is 0 Å². The second-order valence-electron chi connectivity index (χ2n) is 4.52. The summed E-state index contributed by atoms with van der Waals surface area (Å²) in [6, 6.07) is 9.38. The smallest absolute Gasteiger partial charge is 0.168 e. The van der Waals surface area contributed by atoms with Gasteiger partial charge in [0.05, 0.1) is 7.11 Å². The molecule has 0 spiro atoms. The highest BCUT2D eigenvalue weighted by Gasteiger charge is 2.11. The summed E-state index contributed by atoms with van der Waals surface area (Å²) >= 11 is 0. The van der Waals surface area contributed by atoms with E-state index < -0.39 is 0 Å². The number of benzene rings is 1. The van der Waals surface area contributed by atoms with Crippen molar-refractivity contribution in [3.05, 3.63) is 47.7 Å². The summed E-state index contributed by atoms with van der Waals surface area (Å²) in [4.78, 5) is 11.0. The third-order valence-corrected chi connectivity index (χ3v) is 3.17. The van der Waals surface area contributed by atoms with Gasteiger partial charge in [0.15, 0.2) is 17.8 Å². The Morgan fingerprint density at radius 1 is 1.25 bits per heavy atom. The molecule has 3 rings (SSSR count). The summed E-state index contributed by atoms with van der Waals surface area (Å²) < 4.78 is 7.05. The Hall–Kier alpha value is -2.69. The molecule has 100 valence electrons. The molecule has 2 aromatic heterocycles. The van der Waals surface area contributed by atoms with Gasteiger partial charge in [0, 0.05) is 17.3 Å². The number of rotatable bonds is 3. The fourth-order valence-corrected chi connectivity index (χ4v) is 2.21. The van der Waals surface area contributed by atoms with E-state index in [4.69, 9.17) is 4.74 Å². The first kappa shape index (κ1) is 12.3. The van der Waals surface area contributed by atoms with Crippen LogP contribution in [0.4, 0.5) is 0 Å². The van der Waals surface area contributed by atoms with Gasteiger partial charge in [-0.2, -0.15) is 0 Å². The molecule has 1 aromatic carbocycles. The van der Waals surface area contributed by atoms with Crippen LogP contribution in [0, 0.1) is 6.92 Å². The normalized spacial score (nSPS) is 10.7. The van der Waals surface area contributed by atoms with Crippen molar-refractivity contribution < 1.29 is 9.53 Å². The summed E-state index contributed by atoms with van der Waals surface area (Å²) in [6.07, 6.45) is 2.56. The van der Waals surface area contributed by atoms with Gasteiger partial charge in [-0.25, -0.2) is 0 Å². The second-order valence-corrected chi connectivity index (χ2v) is 4.52. The van der Waals surface area contributed by atoms with Gasteiger partial charge >= 0.3 is 0 Å². The van der Waals surface area contributed by atoms with Crippen molar-refractivity contribution >= 4 is 11.9 Å². The van der Waals surface area contributed by atoms with Gasteiger partial charge in [-0.15, -0.1) is 10.2 Å². The summed E-state index contributed by atoms with van der Waals surface area (Å²) in [5, 5.41) is 8.40. The SMILES string of the molecule is COc1cccc(-c2nnc3c(C)cc(C=O)cn23)c1. The van der Waals surface area contributed by atoms with E-state index in [2.05, 4.69) is 10.2 Å². The molecule has 0 aliphatic heterocycles. The van der Waals surface area contributed by atoms with E-state index in [1.54, 1.807) is 19.4 Å². The Morgan fingerprint density at radius 2 is 2.10 bits per heavy atom. The zero-order valence-electron chi connectivity index (χ0n) is 11.2. The monoisotopic (exact) mass is 267 g/mol. The lowest BCUT2D eigenvalue weighted by molar-refractivity contribution is 0.112. The van der Waals surface area contributed by atoms with Crippen LogP contribution in [0.5, 0.6) is 5.75 Å². The molecule has 0 aliphatic carbocycles. The van der Waals surface area contributed by atoms with Gasteiger partial charge in [0.1, 0.15) is 5.75 Å². The van der Waals surface area contributed by atoms with Crippen molar-refractivity contribution in [1.82, 2.24) is 14.6 Å². The van der Waals surface area contributed by atoms with Crippen molar-refractivity contribution in [2.24, 2.45) is 0 Å². The van der Waals surface area contributed by atoms with Crippen molar-refractivity contribution in [1.29, 1.82) is 0 Å². The average Bonchev–Trinajstić information content (AvgIpc) is 2.91. The molecule has 0 saturated heterocycles. The first-order chi connectivity index (χ1) is 9.72. The second kappa shape index (κ2) is 4.77. The fraction of sp³-hybridized carbons (Fsp3) is 0.133. The molecule has 3 aromatic rings. The molecule has 2 heterocycles. The number of pyridine rings is 1. The van der Waals surface area contributed by atoms with Gasteiger partial charge in [-0.05, 0) is 30.7 Å². The van der Waals surface area contributed by atoms with E-state index in [9.17, 15) is 4.79 Å². The summed E-state index contributed by atoms with van der Waals surface area (Å²) in [5.74, 6) is 1.44. The molecule has 0 saturated carbocycles. The first-order valence-electron chi connectivity index (χ1n) is 6.18. The number of aromatic nitrogens is 3. The Morgan fingerprint density at radius 3 is 2.85 bits per heavy atom. The number of hydrogen-bond donors (Lipinski definition) is 0. The van der Waals surface area contributed by atoms with Crippen LogP contribution < -0.4 is 4.74 Å². The number of fused-ring (bicyclic) bond motifs is 1. The van der Waals surface area contributed by atoms with Crippen molar-refractivity contribution in [2.45, 2.75) is 6.92 Å². The standard InChI is InChI=1S/C15H13N3O2/c1-10-6-11(9-19)8-18-14(10)16-17-15(18)12-4-3-5-13(7-12)20-2/h3-9H,1-2H3.